The number of morpholine rings is 1. The Kier molecular flexibility index (Phi) is 7.29. The number of hydrogen-bond acceptors (Lipinski definition) is 4. The number of rotatable bonds is 7. The molecule has 0 unspecified atom stereocenters. The summed E-state index contributed by atoms with van der Waals surface area (Å²) in [6.45, 7) is 3.83. The molecule has 1 amide bonds. The molecule has 1 heterocycles. The van der Waals surface area contributed by atoms with E-state index in [1.165, 1.54) is 16.4 Å². The highest BCUT2D eigenvalue weighted by Crippen LogP contribution is 2.28. The lowest BCUT2D eigenvalue weighted by molar-refractivity contribution is 0.0730. The number of benzene rings is 2. The van der Waals surface area contributed by atoms with Gasteiger partial charge in [-0.15, -0.1) is 0 Å². The summed E-state index contributed by atoms with van der Waals surface area (Å²) in [5, 5.41) is 0.105. The average Bonchev–Trinajstić information content (AvgIpc) is 2.75. The van der Waals surface area contributed by atoms with Crippen molar-refractivity contribution in [1.29, 1.82) is 0 Å². The van der Waals surface area contributed by atoms with Gasteiger partial charge in [0.1, 0.15) is 4.90 Å². The number of para-hydroxylation sites is 1. The summed E-state index contributed by atoms with van der Waals surface area (Å²) < 4.78 is 32.7. The van der Waals surface area contributed by atoms with Gasteiger partial charge >= 0.3 is 0 Å². The summed E-state index contributed by atoms with van der Waals surface area (Å²) in [5.41, 5.74) is 1.07. The Morgan fingerprint density at radius 2 is 1.83 bits per heavy atom. The second-order valence-corrected chi connectivity index (χ2v) is 9.12. The fraction of sp³-hybridized carbons (Fsp3) is 0.381. The zero-order valence-corrected chi connectivity index (χ0v) is 18.0. The van der Waals surface area contributed by atoms with Crippen molar-refractivity contribution in [2.75, 3.05) is 37.7 Å². The van der Waals surface area contributed by atoms with Crippen LogP contribution in [0.4, 0.5) is 5.69 Å². The Balaban J connectivity index is 1.95. The number of unbranched alkanes of at least 4 members (excludes halogenated alkanes) is 1. The molecule has 1 fully saturated rings. The van der Waals surface area contributed by atoms with Gasteiger partial charge in [-0.2, -0.15) is 4.31 Å². The molecule has 29 heavy (non-hydrogen) atoms. The average molecular weight is 437 g/mol. The number of ether oxygens (including phenoxy) is 1. The third-order valence-corrected chi connectivity index (χ3v) is 7.19. The Morgan fingerprint density at radius 1 is 1.14 bits per heavy atom. The summed E-state index contributed by atoms with van der Waals surface area (Å²) in [7, 11) is -3.81. The summed E-state index contributed by atoms with van der Waals surface area (Å²) in [5.74, 6) is -0.250. The number of nitrogens with zero attached hydrogens (tertiary/aromatic N) is 2. The molecule has 6 nitrogen and oxygen atoms in total. The third kappa shape index (κ3) is 4.98. The fourth-order valence-corrected chi connectivity index (χ4v) is 5.10. The van der Waals surface area contributed by atoms with E-state index in [1.54, 1.807) is 11.0 Å². The van der Waals surface area contributed by atoms with Crippen LogP contribution in [0.3, 0.4) is 0 Å². The second kappa shape index (κ2) is 9.71. The van der Waals surface area contributed by atoms with Crippen LogP contribution < -0.4 is 4.90 Å². The maximum absolute atomic E-state index is 13.3. The molecular formula is C21H25ClN2O4S. The van der Waals surface area contributed by atoms with Crippen LogP contribution in [-0.2, 0) is 14.8 Å². The molecule has 0 radical (unpaired) electrons. The van der Waals surface area contributed by atoms with Gasteiger partial charge in [0, 0.05) is 30.9 Å². The van der Waals surface area contributed by atoms with Crippen molar-refractivity contribution in [3.05, 3.63) is 59.1 Å². The van der Waals surface area contributed by atoms with Crippen LogP contribution in [0.5, 0.6) is 0 Å². The van der Waals surface area contributed by atoms with E-state index in [0.717, 1.165) is 18.5 Å². The normalized spacial score (nSPS) is 15.2. The van der Waals surface area contributed by atoms with E-state index in [-0.39, 0.29) is 28.9 Å². The van der Waals surface area contributed by atoms with Gasteiger partial charge in [-0.3, -0.25) is 4.79 Å². The first kappa shape index (κ1) is 21.8. The molecule has 1 saturated heterocycles. The van der Waals surface area contributed by atoms with Gasteiger partial charge < -0.3 is 9.64 Å². The molecule has 156 valence electrons. The van der Waals surface area contributed by atoms with Gasteiger partial charge in [-0.05, 0) is 36.8 Å². The molecular weight excluding hydrogens is 412 g/mol. The first-order chi connectivity index (χ1) is 13.9. The van der Waals surface area contributed by atoms with Crippen LogP contribution in [0.15, 0.2) is 53.4 Å². The highest BCUT2D eigenvalue weighted by molar-refractivity contribution is 7.89. The highest BCUT2D eigenvalue weighted by Gasteiger charge is 2.29. The molecule has 0 saturated carbocycles. The van der Waals surface area contributed by atoms with E-state index in [0.29, 0.717) is 25.3 Å². The summed E-state index contributed by atoms with van der Waals surface area (Å²) in [4.78, 5) is 14.9. The number of carbonyl (C=O) groups is 1. The topological polar surface area (TPSA) is 66.9 Å². The Labute approximate surface area is 177 Å². The number of halogens is 1. The van der Waals surface area contributed by atoms with E-state index in [9.17, 15) is 13.2 Å². The molecule has 0 N–H and O–H groups in total. The molecule has 1 aliphatic heterocycles. The van der Waals surface area contributed by atoms with Gasteiger partial charge in [0.05, 0.1) is 18.2 Å². The summed E-state index contributed by atoms with van der Waals surface area (Å²) >= 11 is 6.22. The molecule has 0 spiro atoms. The van der Waals surface area contributed by atoms with Crippen LogP contribution >= 0.6 is 11.6 Å². The Hall–Kier alpha value is -1.93. The van der Waals surface area contributed by atoms with E-state index < -0.39 is 10.0 Å². The Bertz CT molecular complexity index is 944. The van der Waals surface area contributed by atoms with Crippen LogP contribution in [0.1, 0.15) is 30.1 Å². The zero-order chi connectivity index (χ0) is 20.9. The molecule has 8 heteroatoms. The van der Waals surface area contributed by atoms with Crippen molar-refractivity contribution in [3.8, 4) is 0 Å². The first-order valence-electron chi connectivity index (χ1n) is 9.69. The van der Waals surface area contributed by atoms with Crippen molar-refractivity contribution >= 4 is 33.2 Å². The van der Waals surface area contributed by atoms with Crippen molar-refractivity contribution in [2.24, 2.45) is 0 Å². The first-order valence-corrected chi connectivity index (χ1v) is 11.5. The van der Waals surface area contributed by atoms with E-state index in [4.69, 9.17) is 16.3 Å². The zero-order valence-electron chi connectivity index (χ0n) is 16.4. The molecule has 2 aromatic rings. The maximum Gasteiger partial charge on any atom is 0.258 e. The van der Waals surface area contributed by atoms with E-state index >= 15 is 0 Å². The molecule has 0 atom stereocenters. The van der Waals surface area contributed by atoms with Crippen LogP contribution in [-0.4, -0.2) is 51.5 Å². The molecule has 0 aromatic heterocycles. The van der Waals surface area contributed by atoms with Crippen molar-refractivity contribution in [2.45, 2.75) is 24.7 Å². The lowest BCUT2D eigenvalue weighted by Gasteiger charge is -2.27. The van der Waals surface area contributed by atoms with Gasteiger partial charge in [0.25, 0.3) is 5.91 Å². The predicted molar refractivity (Wildman–Crippen MR) is 114 cm³/mol. The molecule has 2 aromatic carbocycles. The summed E-state index contributed by atoms with van der Waals surface area (Å²) in [6, 6.07) is 13.8. The van der Waals surface area contributed by atoms with Gasteiger partial charge in [-0.1, -0.05) is 43.1 Å². The fourth-order valence-electron chi connectivity index (χ4n) is 3.19. The standard InChI is InChI=1S/C21H25ClN2O4S/c1-2-3-11-24(18-7-5-4-6-8-18)21(25)17-9-10-19(22)20(16-17)29(26,27)23-12-14-28-15-13-23/h4-10,16H,2-3,11-15H2,1H3. The minimum atomic E-state index is -3.81. The minimum Gasteiger partial charge on any atom is -0.379 e. The second-order valence-electron chi connectivity index (χ2n) is 6.81. The molecule has 1 aliphatic rings. The van der Waals surface area contributed by atoms with E-state index in [2.05, 4.69) is 6.92 Å². The van der Waals surface area contributed by atoms with Crippen molar-refractivity contribution in [3.63, 3.8) is 0 Å². The van der Waals surface area contributed by atoms with Gasteiger partial charge in [0.2, 0.25) is 10.0 Å². The lowest BCUT2D eigenvalue weighted by Crippen LogP contribution is -2.40. The SMILES string of the molecule is CCCCN(C(=O)c1ccc(Cl)c(S(=O)(=O)N2CCOCC2)c1)c1ccccc1. The monoisotopic (exact) mass is 436 g/mol. The van der Waals surface area contributed by atoms with Crippen LogP contribution in [0.25, 0.3) is 0 Å². The van der Waals surface area contributed by atoms with Gasteiger partial charge in [-0.25, -0.2) is 8.42 Å². The Morgan fingerprint density at radius 3 is 2.48 bits per heavy atom. The molecule has 0 bridgehead atoms. The minimum absolute atomic E-state index is 0.0459. The van der Waals surface area contributed by atoms with Gasteiger partial charge in [0.15, 0.2) is 0 Å². The maximum atomic E-state index is 13.3. The number of sulfonamides is 1. The smallest absolute Gasteiger partial charge is 0.258 e. The van der Waals surface area contributed by atoms with Crippen LogP contribution in [0, 0.1) is 0 Å². The number of hydrogen-bond donors (Lipinski definition) is 0. The lowest BCUT2D eigenvalue weighted by atomic mass is 10.1. The van der Waals surface area contributed by atoms with E-state index in [1.807, 2.05) is 30.3 Å². The van der Waals surface area contributed by atoms with Crippen molar-refractivity contribution < 1.29 is 17.9 Å². The molecule has 3 rings (SSSR count). The predicted octanol–water partition coefficient (Wildman–Crippen LogP) is 3.81. The molecule has 0 aliphatic carbocycles. The van der Waals surface area contributed by atoms with Crippen LogP contribution in [0.2, 0.25) is 5.02 Å². The van der Waals surface area contributed by atoms with Crippen molar-refractivity contribution in [1.82, 2.24) is 4.31 Å². The third-order valence-electron chi connectivity index (χ3n) is 4.81. The quantitative estimate of drug-likeness (QED) is 0.662. The number of amides is 1. The highest BCUT2D eigenvalue weighted by atomic mass is 35.5. The number of carbonyl (C=O) groups excluding carboxylic acids is 1. The largest absolute Gasteiger partial charge is 0.379 e. The number of anilines is 1. The summed E-state index contributed by atoms with van der Waals surface area (Å²) in [6.07, 6.45) is 1.78.